The molecule has 0 atom stereocenters. The minimum Gasteiger partial charge on any atom is -0.494 e. The van der Waals surface area contributed by atoms with E-state index in [-0.39, 0.29) is 5.56 Å². The second-order valence-corrected chi connectivity index (χ2v) is 7.84. The van der Waals surface area contributed by atoms with Crippen molar-refractivity contribution in [2.24, 2.45) is 0 Å². The first-order valence-electron chi connectivity index (χ1n) is 10.4. The van der Waals surface area contributed by atoms with Crippen molar-refractivity contribution >= 4 is 34.7 Å². The summed E-state index contributed by atoms with van der Waals surface area (Å²) in [5, 5.41) is 9.79. The van der Waals surface area contributed by atoms with Gasteiger partial charge in [-0.3, -0.25) is 0 Å². The van der Waals surface area contributed by atoms with Gasteiger partial charge in [0.1, 0.15) is 11.3 Å². The minimum absolute atomic E-state index is 0.215. The zero-order chi connectivity index (χ0) is 22.3. The molecule has 7 heteroatoms. The summed E-state index contributed by atoms with van der Waals surface area (Å²) in [6.45, 7) is 1.87. The molecule has 0 aliphatic heterocycles. The van der Waals surface area contributed by atoms with Gasteiger partial charge in [0.05, 0.1) is 12.2 Å². The van der Waals surface area contributed by atoms with E-state index >= 15 is 0 Å². The second-order valence-electron chi connectivity index (χ2n) is 7.40. The van der Waals surface area contributed by atoms with E-state index in [1.807, 2.05) is 48.5 Å². The Morgan fingerprint density at radius 1 is 1.03 bits per heavy atom. The molecule has 0 aliphatic rings. The lowest BCUT2D eigenvalue weighted by Crippen LogP contribution is -2.24. The number of hydrogen-bond acceptors (Lipinski definition) is 5. The van der Waals surface area contributed by atoms with E-state index in [4.69, 9.17) is 25.9 Å². The van der Waals surface area contributed by atoms with Gasteiger partial charge < -0.3 is 19.2 Å². The zero-order valence-electron chi connectivity index (χ0n) is 17.4. The van der Waals surface area contributed by atoms with Gasteiger partial charge in [-0.15, -0.1) is 0 Å². The van der Waals surface area contributed by atoms with Gasteiger partial charge in [0, 0.05) is 18.1 Å². The van der Waals surface area contributed by atoms with Crippen LogP contribution >= 0.6 is 11.6 Å². The van der Waals surface area contributed by atoms with E-state index in [0.29, 0.717) is 29.9 Å². The van der Waals surface area contributed by atoms with Gasteiger partial charge in [0.25, 0.3) is 6.01 Å². The molecule has 0 amide bonds. The topological polar surface area (TPSA) is 75.8 Å². The summed E-state index contributed by atoms with van der Waals surface area (Å²) in [6.07, 6.45) is 1.65. The van der Waals surface area contributed by atoms with Gasteiger partial charge in [-0.1, -0.05) is 41.9 Å². The summed E-state index contributed by atoms with van der Waals surface area (Å²) in [5.74, 6) is -0.409. The molecule has 0 saturated heterocycles. The molecule has 0 unspecified atom stereocenters. The number of oxazole rings is 1. The first kappa shape index (κ1) is 21.7. The number of fused-ring (bicyclic) bond motifs is 1. The standard InChI is InChI=1S/C25H23ClN2O4/c26-20-12-10-18(11-13-20)17-28(25-27-22-8-1-2-9-23(22)32-25)14-3-4-15-31-21-7-5-6-19(16-21)24(29)30/h1-2,5-13,16H,3-4,14-15,17H2,(H,29,30). The molecule has 0 radical (unpaired) electrons. The predicted octanol–water partition coefficient (Wildman–Crippen LogP) is 6.05. The molecule has 1 N–H and O–H groups in total. The van der Waals surface area contributed by atoms with E-state index in [2.05, 4.69) is 9.88 Å². The maximum absolute atomic E-state index is 11.1. The number of aromatic carboxylic acids is 1. The van der Waals surface area contributed by atoms with Crippen LogP contribution in [0, 0.1) is 0 Å². The molecule has 3 aromatic carbocycles. The molecule has 32 heavy (non-hydrogen) atoms. The first-order chi connectivity index (χ1) is 15.6. The molecule has 1 aromatic heterocycles. The third-order valence-corrected chi connectivity index (χ3v) is 5.26. The Morgan fingerprint density at radius 2 is 1.84 bits per heavy atom. The van der Waals surface area contributed by atoms with Crippen LogP contribution in [0.5, 0.6) is 5.75 Å². The van der Waals surface area contributed by atoms with E-state index in [1.165, 1.54) is 6.07 Å². The largest absolute Gasteiger partial charge is 0.494 e. The fourth-order valence-corrected chi connectivity index (χ4v) is 3.49. The number of anilines is 1. The number of para-hydroxylation sites is 2. The second kappa shape index (κ2) is 10.2. The fraction of sp³-hybridized carbons (Fsp3) is 0.200. The number of halogens is 1. The molecule has 0 fully saturated rings. The minimum atomic E-state index is -0.966. The van der Waals surface area contributed by atoms with Crippen LogP contribution in [-0.4, -0.2) is 29.2 Å². The highest BCUT2D eigenvalue weighted by molar-refractivity contribution is 6.30. The number of benzene rings is 3. The summed E-state index contributed by atoms with van der Waals surface area (Å²) in [7, 11) is 0. The molecular formula is C25H23ClN2O4. The average Bonchev–Trinajstić information content (AvgIpc) is 3.24. The van der Waals surface area contributed by atoms with Crippen LogP contribution in [0.3, 0.4) is 0 Å². The van der Waals surface area contributed by atoms with Crippen LogP contribution in [0.15, 0.2) is 77.2 Å². The maximum Gasteiger partial charge on any atom is 0.335 e. The molecule has 1 heterocycles. The fourth-order valence-electron chi connectivity index (χ4n) is 3.36. The van der Waals surface area contributed by atoms with Crippen molar-refractivity contribution in [3.05, 3.63) is 88.9 Å². The number of carboxylic acid groups (broad SMARTS) is 1. The van der Waals surface area contributed by atoms with Crippen molar-refractivity contribution in [1.29, 1.82) is 0 Å². The van der Waals surface area contributed by atoms with Crippen molar-refractivity contribution in [2.45, 2.75) is 19.4 Å². The highest BCUT2D eigenvalue weighted by atomic mass is 35.5. The van der Waals surface area contributed by atoms with Gasteiger partial charge in [-0.05, 0) is 60.9 Å². The zero-order valence-corrected chi connectivity index (χ0v) is 18.2. The molecule has 0 aliphatic carbocycles. The normalized spacial score (nSPS) is 10.9. The van der Waals surface area contributed by atoms with Crippen LogP contribution < -0.4 is 9.64 Å². The van der Waals surface area contributed by atoms with E-state index in [9.17, 15) is 4.79 Å². The number of carbonyl (C=O) groups is 1. The lowest BCUT2D eigenvalue weighted by atomic mass is 10.2. The summed E-state index contributed by atoms with van der Waals surface area (Å²) < 4.78 is 11.7. The molecule has 0 saturated carbocycles. The smallest absolute Gasteiger partial charge is 0.335 e. The lowest BCUT2D eigenvalue weighted by Gasteiger charge is -2.21. The monoisotopic (exact) mass is 450 g/mol. The maximum atomic E-state index is 11.1. The van der Waals surface area contributed by atoms with Crippen LogP contribution in [0.25, 0.3) is 11.1 Å². The average molecular weight is 451 g/mol. The van der Waals surface area contributed by atoms with Crippen LogP contribution in [0.2, 0.25) is 5.02 Å². The Bertz CT molecular complexity index is 1160. The van der Waals surface area contributed by atoms with Gasteiger partial charge in [0.2, 0.25) is 0 Å². The quantitative estimate of drug-likeness (QED) is 0.296. The number of aromatic nitrogens is 1. The van der Waals surface area contributed by atoms with Crippen molar-refractivity contribution in [1.82, 2.24) is 4.98 Å². The van der Waals surface area contributed by atoms with Crippen LogP contribution in [-0.2, 0) is 6.54 Å². The number of hydrogen-bond donors (Lipinski definition) is 1. The van der Waals surface area contributed by atoms with Gasteiger partial charge in [0.15, 0.2) is 5.58 Å². The third kappa shape index (κ3) is 5.59. The van der Waals surface area contributed by atoms with Crippen LogP contribution in [0.1, 0.15) is 28.8 Å². The molecule has 6 nitrogen and oxygen atoms in total. The number of rotatable bonds is 10. The van der Waals surface area contributed by atoms with Crippen molar-refractivity contribution in [3.8, 4) is 5.75 Å². The Hall–Kier alpha value is -3.51. The first-order valence-corrected chi connectivity index (χ1v) is 10.8. The molecule has 0 bridgehead atoms. The van der Waals surface area contributed by atoms with Crippen molar-refractivity contribution in [2.75, 3.05) is 18.1 Å². The molecule has 4 aromatic rings. The molecule has 164 valence electrons. The van der Waals surface area contributed by atoms with Gasteiger partial charge in [-0.25, -0.2) is 4.79 Å². The predicted molar refractivity (Wildman–Crippen MR) is 125 cm³/mol. The molecular weight excluding hydrogens is 428 g/mol. The van der Waals surface area contributed by atoms with E-state index in [1.54, 1.807) is 18.2 Å². The number of carboxylic acids is 1. The third-order valence-electron chi connectivity index (χ3n) is 5.01. The Kier molecular flexibility index (Phi) is 6.92. The number of nitrogens with zero attached hydrogens (tertiary/aromatic N) is 2. The highest BCUT2D eigenvalue weighted by Gasteiger charge is 2.15. The number of ether oxygens (including phenoxy) is 1. The molecule has 4 rings (SSSR count). The Labute approximate surface area is 191 Å². The lowest BCUT2D eigenvalue weighted by molar-refractivity contribution is 0.0696. The Morgan fingerprint density at radius 3 is 2.62 bits per heavy atom. The summed E-state index contributed by atoms with van der Waals surface area (Å²) in [5.41, 5.74) is 2.90. The summed E-state index contributed by atoms with van der Waals surface area (Å²) in [4.78, 5) is 17.8. The summed E-state index contributed by atoms with van der Waals surface area (Å²) in [6, 6.07) is 22.6. The van der Waals surface area contributed by atoms with E-state index in [0.717, 1.165) is 36.0 Å². The number of unbranched alkanes of at least 4 members (excludes halogenated alkanes) is 1. The molecule has 0 spiro atoms. The van der Waals surface area contributed by atoms with Crippen LogP contribution in [0.4, 0.5) is 6.01 Å². The summed E-state index contributed by atoms with van der Waals surface area (Å²) >= 11 is 6.02. The van der Waals surface area contributed by atoms with Gasteiger partial charge in [-0.2, -0.15) is 4.98 Å². The van der Waals surface area contributed by atoms with E-state index < -0.39 is 5.97 Å². The highest BCUT2D eigenvalue weighted by Crippen LogP contribution is 2.24. The van der Waals surface area contributed by atoms with Gasteiger partial charge >= 0.3 is 5.97 Å². The van der Waals surface area contributed by atoms with Crippen molar-refractivity contribution in [3.63, 3.8) is 0 Å². The Balaban J connectivity index is 1.38. The SMILES string of the molecule is O=C(O)c1cccc(OCCCCN(Cc2ccc(Cl)cc2)c2nc3ccccc3o2)c1. The van der Waals surface area contributed by atoms with Crippen molar-refractivity contribution < 1.29 is 19.1 Å².